The van der Waals surface area contributed by atoms with Gasteiger partial charge in [-0.05, 0) is 65.1 Å². The maximum absolute atomic E-state index is 13.4. The van der Waals surface area contributed by atoms with Crippen molar-refractivity contribution in [2.45, 2.75) is 23.9 Å². The van der Waals surface area contributed by atoms with Gasteiger partial charge in [0, 0.05) is 5.56 Å². The zero-order chi connectivity index (χ0) is 26.9. The zero-order valence-corrected chi connectivity index (χ0v) is 20.8. The highest BCUT2D eigenvalue weighted by molar-refractivity contribution is 7.92. The van der Waals surface area contributed by atoms with Crippen LogP contribution in [0.15, 0.2) is 94.9 Å². The maximum Gasteiger partial charge on any atom is 0.416 e. The highest BCUT2D eigenvalue weighted by Gasteiger charge is 2.33. The topological polar surface area (TPSA) is 78.8 Å². The molecule has 194 valence electrons. The van der Waals surface area contributed by atoms with Gasteiger partial charge >= 0.3 is 6.18 Å². The Kier molecular flexibility index (Phi) is 6.66. The summed E-state index contributed by atoms with van der Waals surface area (Å²) in [6.45, 7) is -0.778. The fraction of sp³-hybridized carbons (Fsp3) is 0.143. The summed E-state index contributed by atoms with van der Waals surface area (Å²) in [5, 5.41) is 6.17. The van der Waals surface area contributed by atoms with E-state index in [1.807, 2.05) is 24.3 Å². The molecule has 10 heteroatoms. The van der Waals surface area contributed by atoms with Crippen LogP contribution in [-0.2, 0) is 33.8 Å². The van der Waals surface area contributed by atoms with Gasteiger partial charge < -0.3 is 0 Å². The van der Waals surface area contributed by atoms with Crippen LogP contribution < -0.4 is 9.73 Å². The molecule has 5 rings (SSSR count). The molecule has 4 aromatic rings. The molecule has 0 aliphatic heterocycles. The molecule has 1 N–H and O–H groups in total. The second-order valence-corrected chi connectivity index (χ2v) is 10.7. The van der Waals surface area contributed by atoms with Crippen LogP contribution in [0.2, 0.25) is 0 Å². The monoisotopic (exact) mass is 537 g/mol. The quantitative estimate of drug-likeness (QED) is 0.257. The summed E-state index contributed by atoms with van der Waals surface area (Å²) in [6, 6.07) is 21.0. The molecule has 38 heavy (non-hydrogen) atoms. The number of hydrazone groups is 1. The third kappa shape index (κ3) is 4.99. The van der Waals surface area contributed by atoms with Gasteiger partial charge in [-0.2, -0.15) is 18.3 Å². The first-order valence-corrected chi connectivity index (χ1v) is 13.2. The predicted molar refractivity (Wildman–Crippen MR) is 140 cm³/mol. The number of nitrogens with zero attached hydrogens (tertiary/aromatic N) is 2. The van der Waals surface area contributed by atoms with E-state index in [2.05, 4.69) is 16.6 Å². The first kappa shape index (κ1) is 25.5. The van der Waals surface area contributed by atoms with Crippen molar-refractivity contribution in [3.8, 4) is 0 Å². The Hall–Kier alpha value is -4.18. The summed E-state index contributed by atoms with van der Waals surface area (Å²) in [6.07, 6.45) is -1.29. The van der Waals surface area contributed by atoms with Crippen molar-refractivity contribution >= 4 is 38.6 Å². The number of anilines is 1. The van der Waals surface area contributed by atoms with E-state index in [1.54, 1.807) is 6.07 Å². The van der Waals surface area contributed by atoms with Crippen LogP contribution >= 0.6 is 0 Å². The molecule has 4 aromatic carbocycles. The molecule has 0 radical (unpaired) electrons. The lowest BCUT2D eigenvalue weighted by Gasteiger charge is -2.24. The first-order valence-electron chi connectivity index (χ1n) is 11.7. The van der Waals surface area contributed by atoms with Gasteiger partial charge in [0.05, 0.1) is 22.4 Å². The first-order chi connectivity index (χ1) is 18.1. The summed E-state index contributed by atoms with van der Waals surface area (Å²) >= 11 is 0. The van der Waals surface area contributed by atoms with Crippen molar-refractivity contribution in [3.63, 3.8) is 0 Å². The Morgan fingerprint density at radius 1 is 0.921 bits per heavy atom. The number of amides is 1. The van der Waals surface area contributed by atoms with E-state index in [0.29, 0.717) is 10.4 Å². The molecule has 0 fully saturated rings. The molecule has 0 unspecified atom stereocenters. The van der Waals surface area contributed by atoms with E-state index in [4.69, 9.17) is 0 Å². The fourth-order valence-electron chi connectivity index (χ4n) is 4.59. The summed E-state index contributed by atoms with van der Waals surface area (Å²) in [5.41, 5.74) is 4.26. The standard InChI is InChI=1S/C28H22F3N3O3S/c29-28(30,31)22-7-5-8-23(16-22)34(38(36,37)24-9-2-1-3-10-24)18-26(35)33-32-17-21-15-14-20-13-12-19-6-4-11-25(21)27(19)20/h1-11,14-17H,12-13,18H2,(H,33,35)/b32-17-. The fourth-order valence-corrected chi connectivity index (χ4v) is 6.03. The number of hydrogen-bond acceptors (Lipinski definition) is 4. The van der Waals surface area contributed by atoms with Crippen LogP contribution in [0.5, 0.6) is 0 Å². The lowest BCUT2D eigenvalue weighted by Crippen LogP contribution is -2.39. The van der Waals surface area contributed by atoms with E-state index in [9.17, 15) is 26.4 Å². The van der Waals surface area contributed by atoms with Crippen molar-refractivity contribution < 1.29 is 26.4 Å². The van der Waals surface area contributed by atoms with Crippen LogP contribution in [-0.4, -0.2) is 27.1 Å². The average Bonchev–Trinajstić information content (AvgIpc) is 3.33. The minimum atomic E-state index is -4.69. The number of aryl methyl sites for hydroxylation is 2. The highest BCUT2D eigenvalue weighted by Crippen LogP contribution is 2.34. The predicted octanol–water partition coefficient (Wildman–Crippen LogP) is 5.30. The molecule has 1 aliphatic carbocycles. The van der Waals surface area contributed by atoms with Crippen molar-refractivity contribution in [1.29, 1.82) is 0 Å². The molecule has 0 saturated heterocycles. The largest absolute Gasteiger partial charge is 0.416 e. The van der Waals surface area contributed by atoms with E-state index in [0.717, 1.165) is 35.9 Å². The number of halogens is 3. The summed E-state index contributed by atoms with van der Waals surface area (Å²) in [4.78, 5) is 12.6. The number of rotatable bonds is 7. The lowest BCUT2D eigenvalue weighted by atomic mass is 10.0. The minimum Gasteiger partial charge on any atom is -0.271 e. The number of alkyl halides is 3. The third-order valence-corrected chi connectivity index (χ3v) is 8.17. The van der Waals surface area contributed by atoms with Crippen molar-refractivity contribution in [1.82, 2.24) is 5.43 Å². The summed E-state index contributed by atoms with van der Waals surface area (Å²) in [5.74, 6) is -0.816. The lowest BCUT2D eigenvalue weighted by molar-refractivity contribution is -0.137. The molecular weight excluding hydrogens is 515 g/mol. The van der Waals surface area contributed by atoms with E-state index < -0.39 is 34.2 Å². The number of nitrogens with one attached hydrogen (secondary N) is 1. The van der Waals surface area contributed by atoms with Gasteiger partial charge in [0.2, 0.25) is 0 Å². The Morgan fingerprint density at radius 2 is 1.63 bits per heavy atom. The molecule has 0 saturated carbocycles. The smallest absolute Gasteiger partial charge is 0.271 e. The molecule has 0 atom stereocenters. The second-order valence-electron chi connectivity index (χ2n) is 8.82. The second kappa shape index (κ2) is 9.94. The van der Waals surface area contributed by atoms with Gasteiger partial charge in [0.25, 0.3) is 15.9 Å². The molecule has 1 amide bonds. The van der Waals surface area contributed by atoms with Crippen LogP contribution in [0.1, 0.15) is 22.3 Å². The van der Waals surface area contributed by atoms with Gasteiger partial charge in [0.15, 0.2) is 0 Å². The minimum absolute atomic E-state index is 0.165. The van der Waals surface area contributed by atoms with Gasteiger partial charge in [-0.1, -0.05) is 54.6 Å². The highest BCUT2D eigenvalue weighted by atomic mass is 32.2. The molecule has 0 bridgehead atoms. The van der Waals surface area contributed by atoms with Gasteiger partial charge in [-0.3, -0.25) is 9.10 Å². The van der Waals surface area contributed by atoms with Crippen molar-refractivity contribution in [3.05, 3.63) is 107 Å². The molecule has 0 heterocycles. The Morgan fingerprint density at radius 3 is 2.37 bits per heavy atom. The van der Waals surface area contributed by atoms with Crippen LogP contribution in [0.4, 0.5) is 18.9 Å². The maximum atomic E-state index is 13.4. The zero-order valence-electron chi connectivity index (χ0n) is 19.9. The molecule has 0 aromatic heterocycles. The van der Waals surface area contributed by atoms with Crippen LogP contribution in [0.25, 0.3) is 10.8 Å². The van der Waals surface area contributed by atoms with Gasteiger partial charge in [-0.15, -0.1) is 0 Å². The Balaban J connectivity index is 1.42. The Bertz CT molecular complexity index is 1640. The van der Waals surface area contributed by atoms with E-state index >= 15 is 0 Å². The van der Waals surface area contributed by atoms with Crippen molar-refractivity contribution in [2.24, 2.45) is 5.10 Å². The third-order valence-electron chi connectivity index (χ3n) is 6.38. The molecular formula is C28H22F3N3O3S. The molecule has 6 nitrogen and oxygen atoms in total. The molecule has 0 spiro atoms. The van der Waals surface area contributed by atoms with Crippen molar-refractivity contribution in [2.75, 3.05) is 10.8 Å². The number of carbonyl (C=O) groups is 1. The van der Waals surface area contributed by atoms with Crippen LogP contribution in [0, 0.1) is 0 Å². The number of hydrogen-bond donors (Lipinski definition) is 1. The SMILES string of the molecule is O=C(CN(c1cccc(C(F)(F)F)c1)S(=O)(=O)c1ccccc1)N/N=C\c1ccc2c3c(cccc13)CC2. The summed E-state index contributed by atoms with van der Waals surface area (Å²) < 4.78 is 67.4. The van der Waals surface area contributed by atoms with E-state index in [1.165, 1.54) is 53.1 Å². The number of carbonyl (C=O) groups excluding carboxylic acids is 1. The summed E-state index contributed by atoms with van der Waals surface area (Å²) in [7, 11) is -4.37. The Labute approximate surface area is 217 Å². The van der Waals surface area contributed by atoms with Gasteiger partial charge in [0.1, 0.15) is 6.54 Å². The number of benzene rings is 4. The average molecular weight is 538 g/mol. The normalized spacial score (nSPS) is 13.2. The van der Waals surface area contributed by atoms with Gasteiger partial charge in [-0.25, -0.2) is 13.8 Å². The van der Waals surface area contributed by atoms with E-state index in [-0.39, 0.29) is 10.6 Å². The van der Waals surface area contributed by atoms with Crippen LogP contribution in [0.3, 0.4) is 0 Å². The molecule has 1 aliphatic rings. The number of sulfonamides is 1.